The molecule has 1 fully saturated rings. The molecule has 194 valence electrons. The molecular weight excluding hydrogens is 500 g/mol. The number of rotatable bonds is 4. The number of thiazole rings is 1. The smallest absolute Gasteiger partial charge is 0.259 e. The van der Waals surface area contributed by atoms with Crippen LogP contribution >= 0.6 is 11.3 Å². The molecule has 4 aromatic rings. The van der Waals surface area contributed by atoms with Crippen molar-refractivity contribution in [2.45, 2.75) is 19.3 Å². The molecule has 2 amide bonds. The molecule has 0 unspecified atom stereocenters. The lowest BCUT2D eigenvalue weighted by Gasteiger charge is -2.15. The van der Waals surface area contributed by atoms with E-state index in [2.05, 4.69) is 16.0 Å². The van der Waals surface area contributed by atoms with Crippen molar-refractivity contribution < 1.29 is 19.1 Å². The molecule has 3 heterocycles. The maximum absolute atomic E-state index is 12.6. The Morgan fingerprint density at radius 3 is 2.53 bits per heavy atom. The number of fused-ring (bicyclic) bond motifs is 2. The minimum absolute atomic E-state index is 0.175. The highest BCUT2D eigenvalue weighted by molar-refractivity contribution is 7.15. The van der Waals surface area contributed by atoms with Crippen LogP contribution in [0.3, 0.4) is 0 Å². The molecule has 0 radical (unpaired) electrons. The van der Waals surface area contributed by atoms with Gasteiger partial charge in [-0.1, -0.05) is 18.2 Å². The minimum atomic E-state index is -0.175. The van der Waals surface area contributed by atoms with Crippen molar-refractivity contribution in [3.63, 3.8) is 0 Å². The van der Waals surface area contributed by atoms with Gasteiger partial charge in [-0.15, -0.1) is 11.3 Å². The first-order chi connectivity index (χ1) is 18.6. The van der Waals surface area contributed by atoms with Gasteiger partial charge < -0.3 is 25.5 Å². The Bertz CT molecular complexity index is 1430. The lowest BCUT2D eigenvalue weighted by molar-refractivity contribution is -0.117. The first-order valence-electron chi connectivity index (χ1n) is 12.1. The molecule has 1 saturated heterocycles. The van der Waals surface area contributed by atoms with E-state index in [9.17, 15) is 9.59 Å². The van der Waals surface area contributed by atoms with Crippen LogP contribution in [0.5, 0.6) is 11.5 Å². The first-order valence-corrected chi connectivity index (χ1v) is 12.9. The summed E-state index contributed by atoms with van der Waals surface area (Å²) in [6, 6.07) is 21.1. The number of hydrogen-bond acceptors (Lipinski definition) is 7. The molecule has 8 nitrogen and oxygen atoms in total. The molecule has 0 atom stereocenters. The van der Waals surface area contributed by atoms with Crippen LogP contribution in [0.25, 0.3) is 10.6 Å². The third-order valence-electron chi connectivity index (χ3n) is 6.08. The van der Waals surface area contributed by atoms with Crippen LogP contribution < -0.4 is 20.7 Å². The van der Waals surface area contributed by atoms with Gasteiger partial charge >= 0.3 is 0 Å². The highest BCUT2D eigenvalue weighted by Crippen LogP contribution is 2.37. The summed E-state index contributed by atoms with van der Waals surface area (Å²) < 4.78 is 5.98. The largest absolute Gasteiger partial charge is 0.454 e. The van der Waals surface area contributed by atoms with Crippen LogP contribution in [0, 0.1) is 0 Å². The topological polar surface area (TPSA) is 115 Å². The molecule has 1 aromatic heterocycles. The average molecular weight is 529 g/mol. The minimum Gasteiger partial charge on any atom is -0.454 e. The van der Waals surface area contributed by atoms with Gasteiger partial charge in [-0.05, 0) is 67.6 Å². The van der Waals surface area contributed by atoms with Crippen LogP contribution in [0.1, 0.15) is 33.6 Å². The molecule has 3 N–H and O–H groups in total. The molecular formula is C29H28N4O4S. The summed E-state index contributed by atoms with van der Waals surface area (Å²) in [5, 5.41) is 3.90. The molecule has 3 aromatic carbocycles. The molecule has 2 aliphatic rings. The van der Waals surface area contributed by atoms with Gasteiger partial charge in [0.2, 0.25) is 5.91 Å². The zero-order valence-electron chi connectivity index (χ0n) is 21.0. The van der Waals surface area contributed by atoms with Gasteiger partial charge in [0, 0.05) is 41.7 Å². The number of nitrogens with one attached hydrogen (secondary N) is 1. The Morgan fingerprint density at radius 1 is 1.03 bits per heavy atom. The Balaban J connectivity index is 0.000000804. The fourth-order valence-electron chi connectivity index (χ4n) is 4.35. The highest BCUT2D eigenvalue weighted by Gasteiger charge is 2.22. The Hall–Kier alpha value is -4.34. The van der Waals surface area contributed by atoms with E-state index in [1.54, 1.807) is 23.5 Å². The Kier molecular flexibility index (Phi) is 8.62. The first kappa shape index (κ1) is 26.7. The quantitative estimate of drug-likeness (QED) is 0.373. The van der Waals surface area contributed by atoms with Crippen molar-refractivity contribution in [1.82, 2.24) is 4.98 Å². The summed E-state index contributed by atoms with van der Waals surface area (Å²) in [6.07, 6.45) is 4.15. The summed E-state index contributed by atoms with van der Waals surface area (Å²) in [7, 11) is 1.50. The van der Waals surface area contributed by atoms with E-state index in [1.807, 2.05) is 72.5 Å². The number of ether oxygens (including phenoxy) is 1. The monoisotopic (exact) mass is 528 g/mol. The normalized spacial score (nSPS) is 13.5. The van der Waals surface area contributed by atoms with Crippen molar-refractivity contribution in [2.75, 3.05) is 23.8 Å². The van der Waals surface area contributed by atoms with Crippen molar-refractivity contribution in [2.24, 2.45) is 5.73 Å². The second kappa shape index (κ2) is 12.3. The van der Waals surface area contributed by atoms with Crippen LogP contribution in [-0.4, -0.2) is 37.2 Å². The summed E-state index contributed by atoms with van der Waals surface area (Å²) in [6.45, 7) is 2.79. The number of carbonyl (C=O) groups excluding carboxylic acids is 3. The SMILES string of the molecule is C=O.CN.O=C1Nc2cc(Cc3cnc(-c4ccc(N5CCCC5=O)cc4)s3)ccc2Oc2ccccc21. The van der Waals surface area contributed by atoms with E-state index >= 15 is 0 Å². The van der Waals surface area contributed by atoms with E-state index in [-0.39, 0.29) is 11.8 Å². The second-order valence-corrected chi connectivity index (χ2v) is 9.50. The Morgan fingerprint density at radius 2 is 1.79 bits per heavy atom. The van der Waals surface area contributed by atoms with Gasteiger partial charge in [0.05, 0.1) is 11.3 Å². The van der Waals surface area contributed by atoms with Gasteiger partial charge in [-0.3, -0.25) is 9.59 Å². The molecule has 0 spiro atoms. The number of anilines is 2. The molecule has 2 aliphatic heterocycles. The third kappa shape index (κ3) is 5.64. The molecule has 9 heteroatoms. The number of nitrogens with two attached hydrogens (primary N) is 1. The summed E-state index contributed by atoms with van der Waals surface area (Å²) in [5.41, 5.74) is 8.72. The van der Waals surface area contributed by atoms with Crippen LogP contribution in [0.4, 0.5) is 11.4 Å². The number of hydrogen-bond donors (Lipinski definition) is 2. The summed E-state index contributed by atoms with van der Waals surface area (Å²) in [5.74, 6) is 1.20. The van der Waals surface area contributed by atoms with Gasteiger partial charge in [-0.2, -0.15) is 0 Å². The number of benzene rings is 3. The van der Waals surface area contributed by atoms with Gasteiger partial charge in [-0.25, -0.2) is 4.98 Å². The van der Waals surface area contributed by atoms with Crippen molar-refractivity contribution in [3.05, 3.63) is 88.9 Å². The molecule has 0 bridgehead atoms. The summed E-state index contributed by atoms with van der Waals surface area (Å²) in [4.78, 5) is 40.2. The fourth-order valence-corrected chi connectivity index (χ4v) is 5.31. The Labute approximate surface area is 225 Å². The average Bonchev–Trinajstić information content (AvgIpc) is 3.58. The van der Waals surface area contributed by atoms with E-state index in [0.29, 0.717) is 35.6 Å². The van der Waals surface area contributed by atoms with Crippen LogP contribution in [0.2, 0.25) is 0 Å². The number of nitrogens with zero attached hydrogens (tertiary/aromatic N) is 2. The number of para-hydroxylation sites is 1. The van der Waals surface area contributed by atoms with E-state index in [0.717, 1.165) is 39.7 Å². The number of carbonyl (C=O) groups is 3. The zero-order valence-corrected chi connectivity index (χ0v) is 21.8. The van der Waals surface area contributed by atoms with E-state index < -0.39 is 0 Å². The van der Waals surface area contributed by atoms with Crippen molar-refractivity contribution in [1.29, 1.82) is 0 Å². The number of aromatic nitrogens is 1. The molecule has 0 aliphatic carbocycles. The second-order valence-electron chi connectivity index (χ2n) is 8.39. The van der Waals surface area contributed by atoms with E-state index in [1.165, 1.54) is 7.05 Å². The predicted molar refractivity (Wildman–Crippen MR) is 150 cm³/mol. The zero-order chi connectivity index (χ0) is 27.1. The van der Waals surface area contributed by atoms with Crippen molar-refractivity contribution in [3.8, 4) is 22.1 Å². The molecule has 38 heavy (non-hydrogen) atoms. The van der Waals surface area contributed by atoms with E-state index in [4.69, 9.17) is 9.53 Å². The lowest BCUT2D eigenvalue weighted by Crippen LogP contribution is -2.23. The van der Waals surface area contributed by atoms with Crippen LogP contribution in [0.15, 0.2) is 72.9 Å². The fraction of sp³-hybridized carbons (Fsp3) is 0.172. The number of amides is 2. The lowest BCUT2D eigenvalue weighted by atomic mass is 10.1. The van der Waals surface area contributed by atoms with Gasteiger partial charge in [0.1, 0.15) is 17.5 Å². The summed E-state index contributed by atoms with van der Waals surface area (Å²) >= 11 is 1.64. The maximum Gasteiger partial charge on any atom is 0.259 e. The predicted octanol–water partition coefficient (Wildman–Crippen LogP) is 5.28. The van der Waals surface area contributed by atoms with Crippen molar-refractivity contribution >= 4 is 41.3 Å². The van der Waals surface area contributed by atoms with Gasteiger partial charge in [0.25, 0.3) is 5.91 Å². The molecule has 6 rings (SSSR count). The van der Waals surface area contributed by atoms with Crippen LogP contribution in [-0.2, 0) is 16.0 Å². The highest BCUT2D eigenvalue weighted by atomic mass is 32.1. The maximum atomic E-state index is 12.6. The standard InChI is InChI=1S/C27H21N3O3S.CH5N.CH2O/c31-25-6-3-13-30(25)19-10-8-18(9-11-19)27-28-16-20(34-27)14-17-7-12-24-22(15-17)29-26(32)21-4-1-2-5-23(21)33-24;2*1-2/h1-2,4-5,7-12,15-16H,3,6,13-14H2,(H,29,32);2H2,1H3;1H2. The molecule has 0 saturated carbocycles. The van der Waals surface area contributed by atoms with Gasteiger partial charge in [0.15, 0.2) is 5.75 Å². The third-order valence-corrected chi connectivity index (χ3v) is 7.12.